The minimum atomic E-state index is -4.38. The van der Waals surface area contributed by atoms with Crippen molar-refractivity contribution in [1.82, 2.24) is 24.5 Å². The van der Waals surface area contributed by atoms with Crippen LogP contribution in [0.1, 0.15) is 126 Å². The first-order valence-electron chi connectivity index (χ1n) is 23.4. The normalized spacial score (nSPS) is 22.9. The van der Waals surface area contributed by atoms with Crippen molar-refractivity contribution in [3.8, 4) is 0 Å². The van der Waals surface area contributed by atoms with E-state index in [2.05, 4.69) is 22.4 Å². The Kier molecular flexibility index (Phi) is 15.6. The fraction of sp³-hybridized carbons (Fsp3) is 0.423. The number of alkyl halides is 6. The molecule has 10 rings (SSSR count). The molecule has 4 fully saturated rings. The number of fused-ring (bicyclic) bond motifs is 2. The fourth-order valence-corrected chi connectivity index (χ4v) is 10.8. The first-order valence-corrected chi connectivity index (χ1v) is 23.4. The van der Waals surface area contributed by atoms with Crippen LogP contribution in [0.15, 0.2) is 97.6 Å². The highest BCUT2D eigenvalue weighted by molar-refractivity contribution is 6.01. The predicted octanol–water partition coefficient (Wildman–Crippen LogP) is 9.77. The van der Waals surface area contributed by atoms with Gasteiger partial charge in [-0.3, -0.25) is 9.59 Å². The third kappa shape index (κ3) is 12.0. The number of rotatable bonds is 10. The average Bonchev–Trinajstić information content (AvgIpc) is 3.92. The Labute approximate surface area is 404 Å². The maximum absolute atomic E-state index is 13.1. The van der Waals surface area contributed by atoms with Gasteiger partial charge in [-0.1, -0.05) is 49.7 Å². The van der Waals surface area contributed by atoms with E-state index in [4.69, 9.17) is 20.1 Å². The Morgan fingerprint density at radius 2 is 1.17 bits per heavy atom. The molecule has 2 aromatic carbocycles. The Hall–Kier alpha value is -6.85. The van der Waals surface area contributed by atoms with Gasteiger partial charge in [0.05, 0.1) is 52.6 Å². The number of benzene rings is 2. The molecule has 1 amide bonds. The first kappa shape index (κ1) is 52.0. The van der Waals surface area contributed by atoms with E-state index in [0.29, 0.717) is 58.8 Å². The van der Waals surface area contributed by atoms with Crippen molar-refractivity contribution < 1.29 is 60.2 Å². The molecule has 19 heteroatoms. The summed E-state index contributed by atoms with van der Waals surface area (Å²) in [5.74, 6) is -0.426. The van der Waals surface area contributed by atoms with Gasteiger partial charge in [0.25, 0.3) is 5.91 Å². The predicted molar refractivity (Wildman–Crippen MR) is 246 cm³/mol. The SMILES string of the molecule is CCC1CC2(CC(N)C2)C1.CCOC(=O)C1CC2(CC(NC(=O)c3cnn4cccc(Cc5ccc(C(F)(F)F)cc5)c34)C2)C1.O=C(O)c1cnn2cccc(Cc3ccc(C(F)(F)F)cc3)c12.O=C=O. The highest BCUT2D eigenvalue weighted by atomic mass is 19.4. The number of esters is 1. The topological polar surface area (TPSA) is 187 Å². The maximum atomic E-state index is 13.1. The number of ether oxygens (including phenoxy) is 1. The minimum Gasteiger partial charge on any atom is -0.478 e. The molecule has 0 radical (unpaired) electrons. The molecule has 2 spiro atoms. The van der Waals surface area contributed by atoms with Crippen LogP contribution < -0.4 is 11.1 Å². The number of nitrogens with zero attached hydrogens (tertiary/aromatic N) is 4. The van der Waals surface area contributed by atoms with Gasteiger partial charge >= 0.3 is 30.4 Å². The molecule has 0 aliphatic heterocycles. The highest BCUT2D eigenvalue weighted by Crippen LogP contribution is 2.60. The summed E-state index contributed by atoms with van der Waals surface area (Å²) in [4.78, 5) is 52.5. The molecular formula is C52H54F6N6O7. The average molecular weight is 989 g/mol. The van der Waals surface area contributed by atoms with E-state index in [1.807, 2.05) is 6.07 Å². The third-order valence-corrected chi connectivity index (χ3v) is 14.2. The third-order valence-electron chi connectivity index (χ3n) is 14.2. The molecule has 71 heavy (non-hydrogen) atoms. The minimum absolute atomic E-state index is 0.0287. The smallest absolute Gasteiger partial charge is 0.416 e. The monoisotopic (exact) mass is 988 g/mol. The van der Waals surface area contributed by atoms with Crippen LogP contribution in [-0.2, 0) is 44.3 Å². The fourth-order valence-electron chi connectivity index (χ4n) is 10.8. The summed E-state index contributed by atoms with van der Waals surface area (Å²) in [6, 6.07) is 17.6. The molecule has 4 N–H and O–H groups in total. The summed E-state index contributed by atoms with van der Waals surface area (Å²) in [5.41, 5.74) is 9.67. The lowest BCUT2D eigenvalue weighted by molar-refractivity contribution is -0.191. The van der Waals surface area contributed by atoms with Gasteiger partial charge in [0, 0.05) is 24.5 Å². The van der Waals surface area contributed by atoms with Crippen molar-refractivity contribution in [2.75, 3.05) is 6.61 Å². The van der Waals surface area contributed by atoms with Crippen molar-refractivity contribution in [1.29, 1.82) is 0 Å². The van der Waals surface area contributed by atoms with Crippen LogP contribution in [-0.4, -0.2) is 67.0 Å². The number of hydrogen-bond acceptors (Lipinski definition) is 9. The van der Waals surface area contributed by atoms with Gasteiger partial charge in [0.2, 0.25) is 0 Å². The summed E-state index contributed by atoms with van der Waals surface area (Å²) in [6.07, 6.45) is 8.63. The van der Waals surface area contributed by atoms with E-state index in [1.165, 1.54) is 73.3 Å². The van der Waals surface area contributed by atoms with Crippen LogP contribution in [0, 0.1) is 22.7 Å². The number of carboxylic acid groups (broad SMARTS) is 1. The molecule has 0 unspecified atom stereocenters. The second-order valence-electron chi connectivity index (χ2n) is 19.2. The number of aromatic carboxylic acids is 1. The number of nitrogens with two attached hydrogens (primary N) is 1. The van der Waals surface area contributed by atoms with Gasteiger partial charge in [0.15, 0.2) is 0 Å². The molecule has 0 bridgehead atoms. The Balaban J connectivity index is 0.000000175. The zero-order chi connectivity index (χ0) is 51.3. The summed E-state index contributed by atoms with van der Waals surface area (Å²) in [5, 5.41) is 20.6. The number of halogens is 6. The van der Waals surface area contributed by atoms with E-state index in [0.717, 1.165) is 66.8 Å². The number of aromatic nitrogens is 4. The zero-order valence-corrected chi connectivity index (χ0v) is 39.1. The molecule has 0 saturated heterocycles. The van der Waals surface area contributed by atoms with Gasteiger partial charge < -0.3 is 20.9 Å². The van der Waals surface area contributed by atoms with E-state index < -0.39 is 29.4 Å². The lowest BCUT2D eigenvalue weighted by Gasteiger charge is -2.57. The van der Waals surface area contributed by atoms with Gasteiger partial charge in [0.1, 0.15) is 5.56 Å². The van der Waals surface area contributed by atoms with Crippen LogP contribution in [0.25, 0.3) is 11.0 Å². The quantitative estimate of drug-likeness (QED) is 0.0881. The van der Waals surface area contributed by atoms with Crippen molar-refractivity contribution in [2.45, 2.75) is 109 Å². The Bertz CT molecular complexity index is 2860. The second-order valence-corrected chi connectivity index (χ2v) is 19.2. The number of hydrogen-bond donors (Lipinski definition) is 3. The summed E-state index contributed by atoms with van der Waals surface area (Å²) < 4.78 is 84.5. The van der Waals surface area contributed by atoms with Crippen molar-refractivity contribution in [2.24, 2.45) is 28.4 Å². The number of carboxylic acids is 1. The molecule has 6 aromatic rings. The van der Waals surface area contributed by atoms with Crippen LogP contribution in [0.2, 0.25) is 0 Å². The first-order chi connectivity index (χ1) is 33.7. The van der Waals surface area contributed by atoms with Crippen molar-refractivity contribution >= 4 is 35.0 Å². The molecule has 4 aliphatic rings. The Morgan fingerprint density at radius 1 is 0.718 bits per heavy atom. The maximum Gasteiger partial charge on any atom is 0.416 e. The molecule has 4 heterocycles. The van der Waals surface area contributed by atoms with Crippen LogP contribution >= 0.6 is 0 Å². The van der Waals surface area contributed by atoms with Gasteiger partial charge in [-0.15, -0.1) is 0 Å². The molecule has 0 atom stereocenters. The van der Waals surface area contributed by atoms with Gasteiger partial charge in [-0.25, -0.2) is 13.8 Å². The number of amides is 1. The van der Waals surface area contributed by atoms with E-state index in [9.17, 15) is 45.8 Å². The number of nitrogens with one attached hydrogen (secondary N) is 1. The number of pyridine rings is 2. The zero-order valence-electron chi connectivity index (χ0n) is 39.1. The van der Waals surface area contributed by atoms with Crippen LogP contribution in [0.5, 0.6) is 0 Å². The van der Waals surface area contributed by atoms with E-state index in [1.54, 1.807) is 42.0 Å². The summed E-state index contributed by atoms with van der Waals surface area (Å²) in [7, 11) is 0. The summed E-state index contributed by atoms with van der Waals surface area (Å²) in [6.45, 7) is 4.49. The molecular weight excluding hydrogens is 935 g/mol. The molecule has 13 nitrogen and oxygen atoms in total. The number of carbonyl (C=O) groups excluding carboxylic acids is 4. The largest absolute Gasteiger partial charge is 0.478 e. The molecule has 4 aromatic heterocycles. The lowest BCUT2D eigenvalue weighted by Crippen LogP contribution is -2.57. The molecule has 4 aliphatic carbocycles. The van der Waals surface area contributed by atoms with Gasteiger partial charge in [-0.2, -0.15) is 46.1 Å². The molecule has 4 saturated carbocycles. The highest BCUT2D eigenvalue weighted by Gasteiger charge is 2.55. The lowest BCUT2D eigenvalue weighted by atomic mass is 9.50. The van der Waals surface area contributed by atoms with Crippen LogP contribution in [0.4, 0.5) is 26.3 Å². The van der Waals surface area contributed by atoms with Gasteiger partial charge in [-0.05, 0) is 147 Å². The van der Waals surface area contributed by atoms with Crippen LogP contribution in [0.3, 0.4) is 0 Å². The Morgan fingerprint density at radius 3 is 1.59 bits per heavy atom. The number of carbonyl (C=O) groups is 3. The second kappa shape index (κ2) is 21.2. The van der Waals surface area contributed by atoms with E-state index in [-0.39, 0.29) is 41.0 Å². The van der Waals surface area contributed by atoms with Crippen molar-refractivity contribution in [3.05, 3.63) is 142 Å². The summed E-state index contributed by atoms with van der Waals surface area (Å²) >= 11 is 0. The molecule has 376 valence electrons. The van der Waals surface area contributed by atoms with E-state index >= 15 is 0 Å². The van der Waals surface area contributed by atoms with Crippen molar-refractivity contribution in [3.63, 3.8) is 0 Å². The standard InChI is InChI=1S/C26H26F3N3O3.C16H11F3N2O2.C9H17N.CO2/c1-2-35-24(34)18-11-25(12-18)13-20(14-25)31-23(33)21-15-30-32-9-3-4-17(22(21)32)10-16-5-7-19(8-6-16)26(27,28)29;17-16(18,19)12-5-3-10(4-6-12)8-11-2-1-7-21-14(11)13(9-20-21)15(22)23;1-2-7-3-9(4-7)5-8(10)6-9;2-1-3/h3-9,15,18,20H,2,10-14H2,1H3,(H,31,33);1-7,9H,8H2,(H,22,23);7-8H,2-6,10H2,1H3;.